The average molecular weight is 455 g/mol. The summed E-state index contributed by atoms with van der Waals surface area (Å²) in [7, 11) is 0. The fraction of sp³-hybridized carbons (Fsp3) is 0.190. The maximum absolute atomic E-state index is 11.5. The third-order valence-electron chi connectivity index (χ3n) is 4.40. The standard InChI is InChI=1S/C21H23ClN8O2/c1-2-18(31)27-14-4-3-5-15(8-14)28-20-17(22)12-26-21(30-20)29-16(10-23)11-25-13-6-7-24-19(32)9-13/h2-5,8,10-13H,1,6-7,9,23H2,(H,24,32)(H,27,31)(H2,26,28,29,30). The molecule has 166 valence electrons. The summed E-state index contributed by atoms with van der Waals surface area (Å²) in [5.74, 6) is 0.269. The van der Waals surface area contributed by atoms with Crippen molar-refractivity contribution in [1.29, 1.82) is 0 Å². The molecule has 6 N–H and O–H groups in total. The van der Waals surface area contributed by atoms with E-state index in [-0.39, 0.29) is 23.8 Å². The van der Waals surface area contributed by atoms with Gasteiger partial charge in [-0.1, -0.05) is 24.2 Å². The number of carbonyl (C=O) groups excluding carboxylic acids is 2. The number of nitrogens with two attached hydrogens (primary N) is 1. The Balaban J connectivity index is 1.70. The Kier molecular flexibility index (Phi) is 7.76. The summed E-state index contributed by atoms with van der Waals surface area (Å²) in [5, 5.41) is 11.8. The Morgan fingerprint density at radius 3 is 2.91 bits per heavy atom. The first-order valence-corrected chi connectivity index (χ1v) is 10.2. The molecular formula is C21H23ClN8O2. The minimum Gasteiger partial charge on any atom is -0.403 e. The van der Waals surface area contributed by atoms with Gasteiger partial charge in [-0.05, 0) is 30.7 Å². The average Bonchev–Trinajstić information content (AvgIpc) is 2.79. The molecule has 2 heterocycles. The van der Waals surface area contributed by atoms with Crippen molar-refractivity contribution in [2.45, 2.75) is 18.9 Å². The van der Waals surface area contributed by atoms with E-state index in [0.29, 0.717) is 40.9 Å². The van der Waals surface area contributed by atoms with E-state index in [0.717, 1.165) is 6.42 Å². The molecule has 0 radical (unpaired) electrons. The van der Waals surface area contributed by atoms with Crippen molar-refractivity contribution in [3.8, 4) is 0 Å². The zero-order valence-electron chi connectivity index (χ0n) is 17.1. The number of aliphatic imine (C=N–C) groups is 1. The largest absolute Gasteiger partial charge is 0.403 e. The molecule has 32 heavy (non-hydrogen) atoms. The predicted molar refractivity (Wildman–Crippen MR) is 126 cm³/mol. The molecule has 10 nitrogen and oxygen atoms in total. The first kappa shape index (κ1) is 22.8. The lowest BCUT2D eigenvalue weighted by Crippen LogP contribution is -2.35. The highest BCUT2D eigenvalue weighted by atomic mass is 35.5. The first-order chi connectivity index (χ1) is 15.5. The molecule has 3 rings (SSSR count). The zero-order valence-corrected chi connectivity index (χ0v) is 17.9. The summed E-state index contributed by atoms with van der Waals surface area (Å²) in [5.41, 5.74) is 7.40. The first-order valence-electron chi connectivity index (χ1n) is 9.78. The van der Waals surface area contributed by atoms with Gasteiger partial charge in [0.15, 0.2) is 5.82 Å². The van der Waals surface area contributed by atoms with Crippen LogP contribution in [0.15, 0.2) is 60.0 Å². The number of hydrogen-bond donors (Lipinski definition) is 5. The van der Waals surface area contributed by atoms with Crippen molar-refractivity contribution in [3.63, 3.8) is 0 Å². The smallest absolute Gasteiger partial charge is 0.247 e. The van der Waals surface area contributed by atoms with E-state index in [2.05, 4.69) is 42.8 Å². The molecule has 0 spiro atoms. The summed E-state index contributed by atoms with van der Waals surface area (Å²) in [6.07, 6.45) is 6.63. The predicted octanol–water partition coefficient (Wildman–Crippen LogP) is 2.56. The van der Waals surface area contributed by atoms with Crippen LogP contribution in [-0.2, 0) is 9.59 Å². The monoisotopic (exact) mass is 454 g/mol. The molecule has 0 bridgehead atoms. The molecule has 1 fully saturated rings. The Labute approximate surface area is 190 Å². The number of allylic oxidation sites excluding steroid dienone is 1. The van der Waals surface area contributed by atoms with Gasteiger partial charge in [-0.25, -0.2) is 4.98 Å². The highest BCUT2D eigenvalue weighted by Crippen LogP contribution is 2.25. The Bertz CT molecular complexity index is 1070. The van der Waals surface area contributed by atoms with Gasteiger partial charge in [0.25, 0.3) is 0 Å². The Hall–Kier alpha value is -3.92. The van der Waals surface area contributed by atoms with E-state index in [4.69, 9.17) is 17.3 Å². The molecule has 1 atom stereocenters. The van der Waals surface area contributed by atoms with Crippen LogP contribution < -0.4 is 27.0 Å². The summed E-state index contributed by atoms with van der Waals surface area (Å²) < 4.78 is 0. The number of piperidine rings is 1. The molecule has 1 aliphatic rings. The number of nitrogens with zero attached hydrogens (tertiary/aromatic N) is 3. The normalized spacial score (nSPS) is 16.3. The molecule has 1 aromatic heterocycles. The minimum atomic E-state index is -0.315. The van der Waals surface area contributed by atoms with Gasteiger partial charge in [-0.2, -0.15) is 4.98 Å². The van der Waals surface area contributed by atoms with E-state index >= 15 is 0 Å². The summed E-state index contributed by atoms with van der Waals surface area (Å²) in [6, 6.07) is 6.94. The molecular weight excluding hydrogens is 432 g/mol. The van der Waals surface area contributed by atoms with Crippen LogP contribution in [0.4, 0.5) is 23.1 Å². The molecule has 1 unspecified atom stereocenters. The summed E-state index contributed by atoms with van der Waals surface area (Å²) in [4.78, 5) is 35.9. The number of hydrogen-bond acceptors (Lipinski definition) is 8. The number of rotatable bonds is 8. The van der Waals surface area contributed by atoms with Gasteiger partial charge in [-0.15, -0.1) is 0 Å². The van der Waals surface area contributed by atoms with Crippen LogP contribution in [0.2, 0.25) is 5.02 Å². The number of nitrogens with one attached hydrogen (secondary N) is 4. The van der Waals surface area contributed by atoms with Crippen molar-refractivity contribution < 1.29 is 9.59 Å². The molecule has 2 aromatic rings. The second-order valence-electron chi connectivity index (χ2n) is 6.81. The van der Waals surface area contributed by atoms with Gasteiger partial charge in [0, 0.05) is 36.8 Å². The molecule has 1 saturated heterocycles. The topological polar surface area (TPSA) is 146 Å². The van der Waals surface area contributed by atoms with E-state index in [1.54, 1.807) is 30.5 Å². The fourth-order valence-corrected chi connectivity index (χ4v) is 2.98. The van der Waals surface area contributed by atoms with Crippen LogP contribution in [0.5, 0.6) is 0 Å². The number of amides is 2. The van der Waals surface area contributed by atoms with E-state index < -0.39 is 0 Å². The maximum Gasteiger partial charge on any atom is 0.247 e. The van der Waals surface area contributed by atoms with Crippen LogP contribution in [0, 0.1) is 0 Å². The van der Waals surface area contributed by atoms with Crippen LogP contribution in [0.3, 0.4) is 0 Å². The quantitative estimate of drug-likeness (QED) is 0.304. The summed E-state index contributed by atoms with van der Waals surface area (Å²) in [6.45, 7) is 4.03. The maximum atomic E-state index is 11.5. The zero-order chi connectivity index (χ0) is 22.9. The number of halogens is 1. The van der Waals surface area contributed by atoms with Crippen LogP contribution >= 0.6 is 11.6 Å². The molecule has 1 aromatic carbocycles. The highest BCUT2D eigenvalue weighted by Gasteiger charge is 2.17. The van der Waals surface area contributed by atoms with Gasteiger partial charge in [0.05, 0.1) is 17.9 Å². The number of carbonyl (C=O) groups is 2. The molecule has 2 amide bonds. The molecule has 11 heteroatoms. The SMILES string of the molecule is C=CC(=O)Nc1cccc(Nc2nc(NC(C=NC3CCNC(=O)C3)=CN)ncc2Cl)c1. The van der Waals surface area contributed by atoms with Gasteiger partial charge in [0.2, 0.25) is 17.8 Å². The van der Waals surface area contributed by atoms with E-state index in [1.807, 2.05) is 0 Å². The Morgan fingerprint density at radius 1 is 1.34 bits per heavy atom. The van der Waals surface area contributed by atoms with Crippen LogP contribution in [-0.4, -0.2) is 40.6 Å². The lowest BCUT2D eigenvalue weighted by atomic mass is 10.1. The molecule has 0 aliphatic carbocycles. The third kappa shape index (κ3) is 6.54. The highest BCUT2D eigenvalue weighted by molar-refractivity contribution is 6.32. The van der Waals surface area contributed by atoms with Gasteiger partial charge in [-0.3, -0.25) is 14.6 Å². The third-order valence-corrected chi connectivity index (χ3v) is 4.68. The van der Waals surface area contributed by atoms with Crippen LogP contribution in [0.1, 0.15) is 12.8 Å². The fourth-order valence-electron chi connectivity index (χ4n) is 2.85. The van der Waals surface area contributed by atoms with Gasteiger partial charge >= 0.3 is 0 Å². The second kappa shape index (κ2) is 10.9. The van der Waals surface area contributed by atoms with Crippen molar-refractivity contribution in [2.75, 3.05) is 22.5 Å². The Morgan fingerprint density at radius 2 is 2.16 bits per heavy atom. The van der Waals surface area contributed by atoms with Gasteiger partial charge < -0.3 is 27.0 Å². The summed E-state index contributed by atoms with van der Waals surface area (Å²) >= 11 is 6.24. The van der Waals surface area contributed by atoms with Crippen molar-refractivity contribution >= 4 is 52.8 Å². The molecule has 1 aliphatic heterocycles. The second-order valence-corrected chi connectivity index (χ2v) is 7.22. The minimum absolute atomic E-state index is 0.0190. The van der Waals surface area contributed by atoms with E-state index in [9.17, 15) is 9.59 Å². The van der Waals surface area contributed by atoms with Crippen molar-refractivity contribution in [1.82, 2.24) is 15.3 Å². The number of benzene rings is 1. The van der Waals surface area contributed by atoms with E-state index in [1.165, 1.54) is 18.5 Å². The van der Waals surface area contributed by atoms with Crippen molar-refractivity contribution in [3.05, 3.63) is 60.0 Å². The lowest BCUT2D eigenvalue weighted by molar-refractivity contribution is -0.122. The van der Waals surface area contributed by atoms with Crippen molar-refractivity contribution in [2.24, 2.45) is 10.7 Å². The number of aromatic nitrogens is 2. The molecule has 0 saturated carbocycles. The lowest BCUT2D eigenvalue weighted by Gasteiger charge is -2.18. The van der Waals surface area contributed by atoms with Crippen LogP contribution in [0.25, 0.3) is 0 Å². The number of anilines is 4. The van der Waals surface area contributed by atoms with Gasteiger partial charge in [0.1, 0.15) is 5.02 Å².